The fourth-order valence-corrected chi connectivity index (χ4v) is 4.19. The maximum absolute atomic E-state index is 11.5. The Hall–Kier alpha value is -1.81. The van der Waals surface area contributed by atoms with E-state index in [-0.39, 0.29) is 37.1 Å². The molecule has 0 bridgehead atoms. The van der Waals surface area contributed by atoms with Crippen molar-refractivity contribution in [2.75, 3.05) is 0 Å². The number of fused-ring (bicyclic) bond motifs is 1. The van der Waals surface area contributed by atoms with Crippen molar-refractivity contribution in [1.29, 1.82) is 0 Å². The monoisotopic (exact) mass is 671 g/mol. The van der Waals surface area contributed by atoms with E-state index in [1.54, 1.807) is 11.3 Å². The molecular weight excluding hydrogens is 631 g/mol. The zero-order valence-corrected chi connectivity index (χ0v) is 25.8. The molecule has 0 aliphatic carbocycles. The van der Waals surface area contributed by atoms with Gasteiger partial charge in [0.2, 0.25) is 0 Å². The van der Waals surface area contributed by atoms with Crippen molar-refractivity contribution in [3.63, 3.8) is 0 Å². The second-order valence-corrected chi connectivity index (χ2v) is 11.8. The predicted molar refractivity (Wildman–Crippen MR) is 147 cm³/mol. The Morgan fingerprint density at radius 1 is 1.06 bits per heavy atom. The van der Waals surface area contributed by atoms with E-state index in [0.717, 1.165) is 16.1 Å². The summed E-state index contributed by atoms with van der Waals surface area (Å²) in [5.41, 5.74) is 4.00. The van der Waals surface area contributed by atoms with Crippen molar-refractivity contribution in [1.82, 2.24) is 4.98 Å². The summed E-state index contributed by atoms with van der Waals surface area (Å²) in [6.07, 6.45) is 3.69. The minimum Gasteiger partial charge on any atom is -0.512 e. The molecule has 2 heterocycles. The summed E-state index contributed by atoms with van der Waals surface area (Å²) >= 11 is 1.69. The third-order valence-electron chi connectivity index (χ3n) is 5.85. The number of aliphatic hydroxyl groups is 1. The van der Waals surface area contributed by atoms with Gasteiger partial charge in [-0.25, -0.2) is 0 Å². The number of carbonyl (C=O) groups is 1. The van der Waals surface area contributed by atoms with Crippen molar-refractivity contribution in [2.45, 2.75) is 81.1 Å². The van der Waals surface area contributed by atoms with Crippen LogP contribution in [0.1, 0.15) is 85.3 Å². The molecule has 0 amide bonds. The molecule has 1 N–H and O–H groups in total. The van der Waals surface area contributed by atoms with Crippen LogP contribution < -0.4 is 0 Å². The Kier molecular flexibility index (Phi) is 11.5. The van der Waals surface area contributed by atoms with Crippen molar-refractivity contribution in [2.24, 2.45) is 10.8 Å². The molecule has 0 unspecified atom stereocenters. The van der Waals surface area contributed by atoms with E-state index in [1.807, 2.05) is 41.5 Å². The number of benzene rings is 1. The van der Waals surface area contributed by atoms with Gasteiger partial charge < -0.3 is 5.11 Å². The largest absolute Gasteiger partial charge is 0.512 e. The summed E-state index contributed by atoms with van der Waals surface area (Å²) in [5, 5.41) is 12.9. The van der Waals surface area contributed by atoms with Crippen LogP contribution in [0.4, 0.5) is 0 Å². The molecule has 0 saturated carbocycles. The SMILES string of the molecule is CC(C)(C)C(=O)/C=C(\O)C(C)(C)C.CCC(CC)c1cc(C)[c-]c(-c2ccc3ccsc3n2)c1.[Ir]. The average molecular weight is 671 g/mol. The number of hydrogen-bond donors (Lipinski definition) is 1. The number of aliphatic hydroxyl groups excluding tert-OH is 1. The summed E-state index contributed by atoms with van der Waals surface area (Å²) in [4.78, 5) is 17.4. The van der Waals surface area contributed by atoms with E-state index in [0.29, 0.717) is 5.92 Å². The number of aryl methyl sites for hydroxylation is 1. The van der Waals surface area contributed by atoms with Gasteiger partial charge in [0, 0.05) is 42.4 Å². The molecule has 35 heavy (non-hydrogen) atoms. The van der Waals surface area contributed by atoms with Crippen molar-refractivity contribution in [3.8, 4) is 11.3 Å². The van der Waals surface area contributed by atoms with Gasteiger partial charge >= 0.3 is 0 Å². The first-order chi connectivity index (χ1) is 15.8. The van der Waals surface area contributed by atoms with Crippen LogP contribution in [0.3, 0.4) is 0 Å². The number of allylic oxidation sites excluding steroid dienone is 2. The zero-order valence-electron chi connectivity index (χ0n) is 22.6. The molecule has 1 aromatic carbocycles. The molecule has 5 heteroatoms. The molecular formula is C30H40IrNO2S-. The molecule has 193 valence electrons. The normalized spacial score (nSPS) is 12.2. The maximum Gasteiger partial charge on any atom is 0.164 e. The van der Waals surface area contributed by atoms with Crippen LogP contribution in [0.15, 0.2) is 47.5 Å². The first-order valence-electron chi connectivity index (χ1n) is 12.1. The number of pyridine rings is 1. The molecule has 0 aliphatic heterocycles. The maximum atomic E-state index is 11.5. The molecule has 0 saturated heterocycles. The minimum atomic E-state index is -0.417. The smallest absolute Gasteiger partial charge is 0.164 e. The fourth-order valence-electron chi connectivity index (χ4n) is 3.43. The summed E-state index contributed by atoms with van der Waals surface area (Å²) in [6.45, 7) is 17.8. The van der Waals surface area contributed by atoms with Gasteiger partial charge in [0.25, 0.3) is 0 Å². The number of aromatic nitrogens is 1. The van der Waals surface area contributed by atoms with Crippen LogP contribution in [0, 0.1) is 23.8 Å². The molecule has 2 aromatic heterocycles. The van der Waals surface area contributed by atoms with Crippen LogP contribution in [-0.2, 0) is 24.9 Å². The second-order valence-electron chi connectivity index (χ2n) is 10.9. The number of thiophene rings is 1. The van der Waals surface area contributed by atoms with Gasteiger partial charge in [0.15, 0.2) is 5.78 Å². The van der Waals surface area contributed by atoms with E-state index in [2.05, 4.69) is 62.5 Å². The molecule has 0 spiro atoms. The van der Waals surface area contributed by atoms with E-state index in [4.69, 9.17) is 4.98 Å². The van der Waals surface area contributed by atoms with Crippen LogP contribution in [-0.4, -0.2) is 15.9 Å². The van der Waals surface area contributed by atoms with Gasteiger partial charge in [-0.1, -0.05) is 87.3 Å². The Labute approximate surface area is 229 Å². The van der Waals surface area contributed by atoms with Gasteiger partial charge in [0.05, 0.1) is 0 Å². The van der Waals surface area contributed by atoms with E-state index < -0.39 is 5.41 Å². The van der Waals surface area contributed by atoms with E-state index in [9.17, 15) is 9.90 Å². The van der Waals surface area contributed by atoms with Gasteiger partial charge in [-0.05, 0) is 23.1 Å². The first-order valence-corrected chi connectivity index (χ1v) is 13.0. The quantitative estimate of drug-likeness (QED) is 0.167. The van der Waals surface area contributed by atoms with Gasteiger partial charge in [0.1, 0.15) is 10.6 Å². The minimum absolute atomic E-state index is 0. The van der Waals surface area contributed by atoms with Gasteiger partial charge in [-0.15, -0.1) is 46.2 Å². The Bertz CT molecular complexity index is 1150. The standard InChI is InChI=1S/C19H20NS.C11H20O2.Ir/c1-4-14(5-2)16-10-13(3)11-17(12-16)18-7-6-15-8-9-21-19(15)20-18;1-10(2,3)8(12)7-9(13)11(4,5)6;/h6-10,12,14H,4-5H2,1-3H3;7,12H,1-6H3;/q-1;;/b;8-7-;. The number of rotatable bonds is 5. The number of hydrogen-bond acceptors (Lipinski definition) is 4. The molecule has 3 aromatic rings. The second kappa shape index (κ2) is 12.9. The van der Waals surface area contributed by atoms with Crippen LogP contribution in [0.5, 0.6) is 0 Å². The third kappa shape index (κ3) is 8.97. The number of ketones is 1. The fraction of sp³-hybridized carbons (Fsp3) is 0.467. The predicted octanol–water partition coefficient (Wildman–Crippen LogP) is 9.06. The summed E-state index contributed by atoms with van der Waals surface area (Å²) in [7, 11) is 0. The molecule has 0 aliphatic rings. The van der Waals surface area contributed by atoms with Gasteiger partial charge in [-0.3, -0.25) is 9.78 Å². The third-order valence-corrected chi connectivity index (χ3v) is 6.67. The molecule has 1 radical (unpaired) electrons. The topological polar surface area (TPSA) is 50.2 Å². The van der Waals surface area contributed by atoms with Crippen LogP contribution in [0.25, 0.3) is 21.5 Å². The van der Waals surface area contributed by atoms with Crippen molar-refractivity contribution < 1.29 is 30.0 Å². The summed E-state index contributed by atoms with van der Waals surface area (Å²) in [5.74, 6) is 0.731. The van der Waals surface area contributed by atoms with Crippen molar-refractivity contribution >= 4 is 27.3 Å². The van der Waals surface area contributed by atoms with Crippen LogP contribution >= 0.6 is 11.3 Å². The van der Waals surface area contributed by atoms with E-state index >= 15 is 0 Å². The molecule has 0 atom stereocenters. The molecule has 3 nitrogen and oxygen atoms in total. The Morgan fingerprint density at radius 3 is 2.23 bits per heavy atom. The first kappa shape index (κ1) is 31.2. The summed E-state index contributed by atoms with van der Waals surface area (Å²) < 4.78 is 0. The number of carbonyl (C=O) groups excluding carboxylic acids is 1. The zero-order chi connectivity index (χ0) is 25.7. The van der Waals surface area contributed by atoms with Crippen LogP contribution in [0.2, 0.25) is 0 Å². The van der Waals surface area contributed by atoms with Gasteiger partial charge in [-0.2, -0.15) is 0 Å². The molecule has 0 fully saturated rings. The molecule has 3 rings (SSSR count). The Morgan fingerprint density at radius 2 is 1.69 bits per heavy atom. The number of nitrogens with zero attached hydrogens (tertiary/aromatic N) is 1. The van der Waals surface area contributed by atoms with E-state index in [1.165, 1.54) is 35.4 Å². The average Bonchev–Trinajstić information content (AvgIpc) is 3.21. The summed E-state index contributed by atoms with van der Waals surface area (Å²) in [6, 6.07) is 14.4. The Balaban J connectivity index is 0.000000383. The van der Waals surface area contributed by atoms with Crippen molar-refractivity contribution in [3.05, 3.63) is 64.7 Å².